The number of nitrogens with two attached hydrogens (primary N) is 3. The van der Waals surface area contributed by atoms with Crippen molar-refractivity contribution in [2.75, 3.05) is 11.4 Å². The molecular weight excluding hydrogens is 408 g/mol. The number of allylic oxidation sites excluding steroid dienone is 2. The molecule has 1 heterocycles. The van der Waals surface area contributed by atoms with Crippen LogP contribution in [0.4, 0.5) is 5.69 Å². The first-order valence-electron chi connectivity index (χ1n) is 11.4. The van der Waals surface area contributed by atoms with E-state index in [9.17, 15) is 0 Å². The SMILES string of the molecule is C=C(NC1C(=C)NC(/C(=C/C=C\N)CN)N1c1ccc(C2(N)CCC2)cc1)c1ccccc1. The maximum atomic E-state index is 6.55. The van der Waals surface area contributed by atoms with Crippen molar-refractivity contribution in [3.63, 3.8) is 0 Å². The first kappa shape index (κ1) is 22.7. The molecule has 6 nitrogen and oxygen atoms in total. The fraction of sp³-hybridized carbons (Fsp3) is 0.259. The van der Waals surface area contributed by atoms with Crippen LogP contribution in [0.5, 0.6) is 0 Å². The number of benzene rings is 2. The Hall–Kier alpha value is -3.48. The molecule has 2 aromatic carbocycles. The van der Waals surface area contributed by atoms with Crippen molar-refractivity contribution in [1.82, 2.24) is 10.6 Å². The van der Waals surface area contributed by atoms with E-state index in [0.29, 0.717) is 6.54 Å². The van der Waals surface area contributed by atoms with Crippen LogP contribution in [0.3, 0.4) is 0 Å². The summed E-state index contributed by atoms with van der Waals surface area (Å²) in [4.78, 5) is 2.24. The van der Waals surface area contributed by atoms with Gasteiger partial charge in [0, 0.05) is 29.2 Å². The summed E-state index contributed by atoms with van der Waals surface area (Å²) in [5, 5.41) is 7.08. The van der Waals surface area contributed by atoms with E-state index in [-0.39, 0.29) is 17.9 Å². The van der Waals surface area contributed by atoms with Crippen LogP contribution in [0.15, 0.2) is 97.4 Å². The third kappa shape index (κ3) is 4.53. The molecule has 172 valence electrons. The average molecular weight is 443 g/mol. The van der Waals surface area contributed by atoms with Crippen LogP contribution in [0.2, 0.25) is 0 Å². The van der Waals surface area contributed by atoms with Gasteiger partial charge >= 0.3 is 0 Å². The van der Waals surface area contributed by atoms with Gasteiger partial charge in [0.2, 0.25) is 0 Å². The van der Waals surface area contributed by atoms with Crippen LogP contribution in [-0.2, 0) is 5.54 Å². The molecule has 2 aliphatic rings. The second-order valence-corrected chi connectivity index (χ2v) is 8.76. The summed E-state index contributed by atoms with van der Waals surface area (Å²) in [5.41, 5.74) is 24.0. The summed E-state index contributed by atoms with van der Waals surface area (Å²) in [6.07, 6.45) is 8.10. The van der Waals surface area contributed by atoms with Gasteiger partial charge in [-0.25, -0.2) is 0 Å². The van der Waals surface area contributed by atoms with Crippen molar-refractivity contribution in [1.29, 1.82) is 0 Å². The van der Waals surface area contributed by atoms with Gasteiger partial charge < -0.3 is 32.7 Å². The summed E-state index contributed by atoms with van der Waals surface area (Å²) in [6.45, 7) is 8.94. The second-order valence-electron chi connectivity index (χ2n) is 8.76. The van der Waals surface area contributed by atoms with Crippen molar-refractivity contribution in [2.24, 2.45) is 17.2 Å². The highest BCUT2D eigenvalue weighted by molar-refractivity contribution is 5.65. The van der Waals surface area contributed by atoms with E-state index in [1.165, 1.54) is 18.2 Å². The summed E-state index contributed by atoms with van der Waals surface area (Å²) in [6, 6.07) is 18.6. The number of nitrogens with one attached hydrogen (secondary N) is 2. The van der Waals surface area contributed by atoms with Gasteiger partial charge in [-0.15, -0.1) is 0 Å². The predicted octanol–water partition coefficient (Wildman–Crippen LogP) is 3.22. The van der Waals surface area contributed by atoms with Crippen molar-refractivity contribution in [2.45, 2.75) is 37.1 Å². The van der Waals surface area contributed by atoms with Crippen LogP contribution in [-0.4, -0.2) is 18.9 Å². The Kier molecular flexibility index (Phi) is 6.58. The minimum absolute atomic E-state index is 0.179. The Bertz CT molecular complexity index is 1050. The maximum Gasteiger partial charge on any atom is 0.142 e. The Balaban J connectivity index is 1.68. The van der Waals surface area contributed by atoms with Crippen LogP contribution in [0, 0.1) is 0 Å². The molecule has 2 fully saturated rings. The molecule has 1 aliphatic carbocycles. The molecule has 33 heavy (non-hydrogen) atoms. The van der Waals surface area contributed by atoms with Crippen LogP contribution < -0.4 is 32.7 Å². The lowest BCUT2D eigenvalue weighted by Gasteiger charge is -2.39. The lowest BCUT2D eigenvalue weighted by atomic mass is 9.73. The van der Waals surface area contributed by atoms with E-state index in [0.717, 1.165) is 41.1 Å². The second kappa shape index (κ2) is 9.57. The van der Waals surface area contributed by atoms with E-state index in [4.69, 9.17) is 17.2 Å². The molecule has 0 aromatic heterocycles. The lowest BCUT2D eigenvalue weighted by molar-refractivity contribution is 0.253. The fourth-order valence-corrected chi connectivity index (χ4v) is 4.52. The van der Waals surface area contributed by atoms with E-state index in [1.807, 2.05) is 36.4 Å². The van der Waals surface area contributed by atoms with Crippen molar-refractivity contribution in [3.8, 4) is 0 Å². The highest BCUT2D eigenvalue weighted by atomic mass is 15.4. The zero-order chi connectivity index (χ0) is 23.4. The highest BCUT2D eigenvalue weighted by Gasteiger charge is 2.39. The van der Waals surface area contributed by atoms with Crippen molar-refractivity contribution >= 4 is 11.4 Å². The molecule has 2 aromatic rings. The molecule has 4 rings (SSSR count). The van der Waals surface area contributed by atoms with Gasteiger partial charge in [-0.1, -0.05) is 61.7 Å². The molecule has 1 saturated carbocycles. The maximum absolute atomic E-state index is 6.55. The highest BCUT2D eigenvalue weighted by Crippen LogP contribution is 2.40. The van der Waals surface area contributed by atoms with E-state index in [1.54, 1.807) is 6.08 Å². The van der Waals surface area contributed by atoms with Gasteiger partial charge in [-0.3, -0.25) is 0 Å². The van der Waals surface area contributed by atoms with Gasteiger partial charge in [0.1, 0.15) is 12.3 Å². The molecule has 0 radical (unpaired) electrons. The fourth-order valence-electron chi connectivity index (χ4n) is 4.52. The van der Waals surface area contributed by atoms with Gasteiger partial charge in [-0.2, -0.15) is 0 Å². The van der Waals surface area contributed by atoms with Gasteiger partial charge in [0.15, 0.2) is 0 Å². The summed E-state index contributed by atoms with van der Waals surface area (Å²) < 4.78 is 0. The van der Waals surface area contributed by atoms with E-state index >= 15 is 0 Å². The standard InChI is InChI=1S/C27H34N6/c1-19(21-8-4-3-5-9-21)31-25-20(2)32-26(22(18-29)10-6-17-28)33(25)24-13-11-23(12-14-24)27(30)15-7-16-27/h3-6,8-14,17,25-26,31-32H,1-2,7,15-16,18,28-30H2/b17-6-,22-10+. The predicted molar refractivity (Wildman–Crippen MR) is 138 cm³/mol. The van der Waals surface area contributed by atoms with Gasteiger partial charge in [-0.05, 0) is 60.4 Å². The first-order valence-corrected chi connectivity index (χ1v) is 11.4. The third-order valence-electron chi connectivity index (χ3n) is 6.64. The van der Waals surface area contributed by atoms with Crippen LogP contribution >= 0.6 is 0 Å². The Morgan fingerprint density at radius 1 is 1.15 bits per heavy atom. The molecule has 0 bridgehead atoms. The minimum atomic E-state index is -0.221. The Morgan fingerprint density at radius 3 is 2.42 bits per heavy atom. The molecule has 2 atom stereocenters. The Labute approximate surface area is 196 Å². The molecule has 1 aliphatic heterocycles. The smallest absolute Gasteiger partial charge is 0.142 e. The van der Waals surface area contributed by atoms with Crippen molar-refractivity contribution in [3.05, 3.63) is 109 Å². The molecule has 2 unspecified atom stereocenters. The number of anilines is 1. The Morgan fingerprint density at radius 2 is 1.85 bits per heavy atom. The topological polar surface area (TPSA) is 105 Å². The number of nitrogens with zero attached hydrogens (tertiary/aromatic N) is 1. The molecule has 8 N–H and O–H groups in total. The van der Waals surface area contributed by atoms with E-state index in [2.05, 4.69) is 53.0 Å². The average Bonchev–Trinajstić information content (AvgIpc) is 3.14. The van der Waals surface area contributed by atoms with Crippen molar-refractivity contribution < 1.29 is 0 Å². The third-order valence-corrected chi connectivity index (χ3v) is 6.64. The largest absolute Gasteiger partial charge is 0.405 e. The zero-order valence-corrected chi connectivity index (χ0v) is 19.0. The van der Waals surface area contributed by atoms with E-state index < -0.39 is 0 Å². The monoisotopic (exact) mass is 442 g/mol. The summed E-state index contributed by atoms with van der Waals surface area (Å²) >= 11 is 0. The minimum Gasteiger partial charge on any atom is -0.405 e. The van der Waals surface area contributed by atoms with Crippen LogP contribution in [0.1, 0.15) is 30.4 Å². The lowest BCUT2D eigenvalue weighted by Crippen LogP contribution is -2.47. The number of hydrogen-bond acceptors (Lipinski definition) is 6. The number of hydrogen-bond donors (Lipinski definition) is 5. The normalized spacial score (nSPS) is 22.2. The molecule has 0 amide bonds. The summed E-state index contributed by atoms with van der Waals surface area (Å²) in [5.74, 6) is 0. The molecular formula is C27H34N6. The quantitative estimate of drug-likeness (QED) is 0.402. The van der Waals surface area contributed by atoms with Gasteiger partial charge in [0.25, 0.3) is 0 Å². The van der Waals surface area contributed by atoms with Crippen LogP contribution in [0.25, 0.3) is 5.70 Å². The van der Waals surface area contributed by atoms with Gasteiger partial charge in [0.05, 0.1) is 0 Å². The first-order chi connectivity index (χ1) is 16.0. The molecule has 0 spiro atoms. The zero-order valence-electron chi connectivity index (χ0n) is 19.0. The number of rotatable bonds is 8. The molecule has 6 heteroatoms. The molecule has 1 saturated heterocycles. The summed E-state index contributed by atoms with van der Waals surface area (Å²) in [7, 11) is 0.